The second-order valence-electron chi connectivity index (χ2n) is 13.7. The normalized spacial score (nSPS) is 11.6. The fourth-order valence-electron chi connectivity index (χ4n) is 7.78. The Labute approximate surface area is 325 Å². The van der Waals surface area contributed by atoms with Gasteiger partial charge in [0.15, 0.2) is 23.3 Å². The molecule has 0 aliphatic rings. The van der Waals surface area contributed by atoms with Gasteiger partial charge in [-0.15, -0.1) is 0 Å². The van der Waals surface area contributed by atoms with Gasteiger partial charge in [0.25, 0.3) is 0 Å². The van der Waals surface area contributed by atoms with Gasteiger partial charge in [-0.05, 0) is 36.4 Å². The highest BCUT2D eigenvalue weighted by Gasteiger charge is 2.24. The Kier molecular flexibility index (Phi) is 7.49. The standard InChI is InChI=1S/C48H29FN8/c49-34-22-14-21-33(29-34)46-51-45(32-19-8-3-9-20-32)54-48(55-46)57-38-26-13-11-24-36(38)42-40(57)28-27-39-41(42)35-23-10-12-25-37(35)56(39)47-52-43(30-15-4-1-5-16-30)50-44(53-47)31-17-6-2-7-18-31/h1-29H. The summed E-state index contributed by atoms with van der Waals surface area (Å²) in [6.07, 6.45) is 0. The highest BCUT2D eigenvalue weighted by Crippen LogP contribution is 2.42. The Morgan fingerprint density at radius 1 is 0.316 bits per heavy atom. The summed E-state index contributed by atoms with van der Waals surface area (Å²) in [5.74, 6) is 2.61. The second kappa shape index (κ2) is 13.1. The smallest absolute Gasteiger partial charge is 0.238 e. The number of nitrogens with zero attached hydrogens (tertiary/aromatic N) is 8. The van der Waals surface area contributed by atoms with Crippen molar-refractivity contribution in [2.45, 2.75) is 0 Å². The molecule has 268 valence electrons. The lowest BCUT2D eigenvalue weighted by molar-refractivity contribution is 0.628. The van der Waals surface area contributed by atoms with Crippen LogP contribution in [-0.2, 0) is 0 Å². The van der Waals surface area contributed by atoms with Crippen LogP contribution >= 0.6 is 0 Å². The number of rotatable bonds is 6. The van der Waals surface area contributed by atoms with Crippen LogP contribution in [0.25, 0.3) is 101 Å². The SMILES string of the molecule is Fc1cccc(-c2nc(-c3ccccc3)nc(-n3c4ccccc4c4c5c6ccccc6n(-c6nc(-c7ccccc7)nc(-c7ccccc7)n6)c5ccc43)n2)c1. The molecule has 0 aliphatic heterocycles. The first kappa shape index (κ1) is 32.5. The largest absolute Gasteiger partial charge is 0.278 e. The van der Waals surface area contributed by atoms with E-state index in [-0.39, 0.29) is 5.82 Å². The molecular weight excluding hydrogens is 708 g/mol. The summed E-state index contributed by atoms with van der Waals surface area (Å²) in [5, 5.41) is 4.15. The van der Waals surface area contributed by atoms with E-state index in [0.29, 0.717) is 40.8 Å². The highest BCUT2D eigenvalue weighted by atomic mass is 19.1. The minimum Gasteiger partial charge on any atom is -0.278 e. The van der Waals surface area contributed by atoms with E-state index in [9.17, 15) is 4.39 Å². The van der Waals surface area contributed by atoms with Gasteiger partial charge in [-0.25, -0.2) is 14.4 Å². The summed E-state index contributed by atoms with van der Waals surface area (Å²) in [5.41, 5.74) is 6.91. The fourth-order valence-corrected chi connectivity index (χ4v) is 7.78. The first-order chi connectivity index (χ1) is 28.2. The minimum atomic E-state index is -0.365. The van der Waals surface area contributed by atoms with Gasteiger partial charge in [0.1, 0.15) is 5.82 Å². The third-order valence-corrected chi connectivity index (χ3v) is 10.3. The average molecular weight is 737 g/mol. The van der Waals surface area contributed by atoms with Gasteiger partial charge in [-0.3, -0.25) is 9.13 Å². The summed E-state index contributed by atoms with van der Waals surface area (Å²) in [6, 6.07) is 57.0. The number of halogens is 1. The molecule has 0 atom stereocenters. The van der Waals surface area contributed by atoms with Crippen molar-refractivity contribution >= 4 is 43.6 Å². The molecule has 11 rings (SSSR count). The molecule has 9 heteroatoms. The van der Waals surface area contributed by atoms with E-state index in [4.69, 9.17) is 29.9 Å². The van der Waals surface area contributed by atoms with Crippen LogP contribution in [0.5, 0.6) is 0 Å². The summed E-state index contributed by atoms with van der Waals surface area (Å²) in [4.78, 5) is 30.2. The van der Waals surface area contributed by atoms with E-state index < -0.39 is 0 Å². The Hall–Kier alpha value is -7.91. The molecule has 7 aromatic carbocycles. The molecule has 8 nitrogen and oxygen atoms in total. The van der Waals surface area contributed by atoms with Gasteiger partial charge in [-0.2, -0.15) is 19.9 Å². The number of hydrogen-bond donors (Lipinski definition) is 0. The zero-order valence-electron chi connectivity index (χ0n) is 30.2. The quantitative estimate of drug-likeness (QED) is 0.169. The topological polar surface area (TPSA) is 87.2 Å². The molecular formula is C48H29FN8. The van der Waals surface area contributed by atoms with E-state index in [1.54, 1.807) is 6.07 Å². The van der Waals surface area contributed by atoms with Crippen LogP contribution in [0.3, 0.4) is 0 Å². The van der Waals surface area contributed by atoms with Crippen LogP contribution < -0.4 is 0 Å². The predicted octanol–water partition coefficient (Wildman–Crippen LogP) is 11.1. The molecule has 4 aromatic heterocycles. The maximum absolute atomic E-state index is 14.6. The molecule has 0 aliphatic carbocycles. The first-order valence-corrected chi connectivity index (χ1v) is 18.6. The van der Waals surface area contributed by atoms with E-state index >= 15 is 0 Å². The molecule has 0 amide bonds. The van der Waals surface area contributed by atoms with Crippen LogP contribution in [0.1, 0.15) is 0 Å². The number of fused-ring (bicyclic) bond motifs is 7. The molecule has 57 heavy (non-hydrogen) atoms. The summed E-state index contributed by atoms with van der Waals surface area (Å²) in [6.45, 7) is 0. The van der Waals surface area contributed by atoms with Crippen LogP contribution in [0.2, 0.25) is 0 Å². The monoisotopic (exact) mass is 736 g/mol. The van der Waals surface area contributed by atoms with Gasteiger partial charge in [0, 0.05) is 43.8 Å². The Morgan fingerprint density at radius 2 is 0.684 bits per heavy atom. The van der Waals surface area contributed by atoms with Crippen molar-refractivity contribution in [2.75, 3.05) is 0 Å². The van der Waals surface area contributed by atoms with Gasteiger partial charge in [0.05, 0.1) is 22.1 Å². The molecule has 0 bridgehead atoms. The first-order valence-electron chi connectivity index (χ1n) is 18.6. The van der Waals surface area contributed by atoms with Gasteiger partial charge in [0.2, 0.25) is 11.9 Å². The lowest BCUT2D eigenvalue weighted by atomic mass is 10.1. The summed E-state index contributed by atoms with van der Waals surface area (Å²) < 4.78 is 18.8. The Morgan fingerprint density at radius 3 is 1.11 bits per heavy atom. The zero-order chi connectivity index (χ0) is 37.9. The molecule has 0 saturated heterocycles. The van der Waals surface area contributed by atoms with Crippen LogP contribution in [-0.4, -0.2) is 39.0 Å². The summed E-state index contributed by atoms with van der Waals surface area (Å²) >= 11 is 0. The third-order valence-electron chi connectivity index (χ3n) is 10.3. The number of aromatic nitrogens is 8. The molecule has 0 N–H and O–H groups in total. The Bertz CT molecular complexity index is 3250. The van der Waals surface area contributed by atoms with Crippen LogP contribution in [0.15, 0.2) is 176 Å². The van der Waals surface area contributed by atoms with Gasteiger partial charge in [-0.1, -0.05) is 140 Å². The number of para-hydroxylation sites is 2. The molecule has 4 heterocycles. The average Bonchev–Trinajstić information content (AvgIpc) is 3.80. The molecule has 0 fully saturated rings. The molecule has 0 unspecified atom stereocenters. The van der Waals surface area contributed by atoms with Crippen molar-refractivity contribution in [1.29, 1.82) is 0 Å². The number of hydrogen-bond acceptors (Lipinski definition) is 6. The summed E-state index contributed by atoms with van der Waals surface area (Å²) in [7, 11) is 0. The lowest BCUT2D eigenvalue weighted by Gasteiger charge is -2.11. The van der Waals surface area contributed by atoms with Gasteiger partial charge < -0.3 is 0 Å². The van der Waals surface area contributed by atoms with E-state index in [2.05, 4.69) is 57.7 Å². The van der Waals surface area contributed by atoms with E-state index in [1.165, 1.54) is 12.1 Å². The fraction of sp³-hybridized carbons (Fsp3) is 0. The zero-order valence-corrected chi connectivity index (χ0v) is 30.2. The van der Waals surface area contributed by atoms with Crippen molar-refractivity contribution in [2.24, 2.45) is 0 Å². The molecule has 0 radical (unpaired) electrons. The molecule has 0 saturated carbocycles. The minimum absolute atomic E-state index is 0.365. The second-order valence-corrected chi connectivity index (χ2v) is 13.7. The van der Waals surface area contributed by atoms with E-state index in [1.807, 2.05) is 109 Å². The van der Waals surface area contributed by atoms with Crippen molar-refractivity contribution in [1.82, 2.24) is 39.0 Å². The molecule has 0 spiro atoms. The van der Waals surface area contributed by atoms with Gasteiger partial charge >= 0.3 is 0 Å². The Balaban J connectivity index is 1.21. The van der Waals surface area contributed by atoms with Crippen LogP contribution in [0, 0.1) is 5.82 Å². The van der Waals surface area contributed by atoms with Crippen molar-refractivity contribution in [3.05, 3.63) is 182 Å². The third kappa shape index (κ3) is 5.44. The highest BCUT2D eigenvalue weighted by molar-refractivity contribution is 6.28. The number of benzene rings is 7. The van der Waals surface area contributed by atoms with E-state index in [0.717, 1.165) is 60.3 Å². The maximum atomic E-state index is 14.6. The lowest BCUT2D eigenvalue weighted by Crippen LogP contribution is -2.07. The predicted molar refractivity (Wildman–Crippen MR) is 224 cm³/mol. The molecule has 11 aromatic rings. The maximum Gasteiger partial charge on any atom is 0.238 e. The van der Waals surface area contributed by atoms with Crippen molar-refractivity contribution in [3.63, 3.8) is 0 Å². The van der Waals surface area contributed by atoms with Crippen molar-refractivity contribution in [3.8, 4) is 57.4 Å². The van der Waals surface area contributed by atoms with Crippen molar-refractivity contribution < 1.29 is 4.39 Å². The van der Waals surface area contributed by atoms with Crippen LogP contribution in [0.4, 0.5) is 4.39 Å².